The quantitative estimate of drug-likeness (QED) is 0.905. The van der Waals surface area contributed by atoms with Crippen LogP contribution in [0.1, 0.15) is 43.7 Å². The van der Waals surface area contributed by atoms with Gasteiger partial charge in [-0.3, -0.25) is 0 Å². The summed E-state index contributed by atoms with van der Waals surface area (Å²) in [5, 5.41) is 4.52. The molecule has 1 aliphatic carbocycles. The van der Waals surface area contributed by atoms with Crippen molar-refractivity contribution in [3.05, 3.63) is 28.3 Å². The predicted octanol–water partition coefficient (Wildman–Crippen LogP) is 3.94. The second-order valence-electron chi connectivity index (χ2n) is 6.00. The molecule has 0 spiro atoms. The number of benzene rings is 1. The number of rotatable bonds is 3. The Morgan fingerprint density at radius 3 is 3.11 bits per heavy atom. The summed E-state index contributed by atoms with van der Waals surface area (Å²) in [5.74, 6) is 1.92. The van der Waals surface area contributed by atoms with Crippen LogP contribution in [0.3, 0.4) is 0 Å². The summed E-state index contributed by atoms with van der Waals surface area (Å²) in [6, 6.07) is 4.74. The molecule has 0 saturated heterocycles. The topological polar surface area (TPSA) is 21.3 Å². The minimum absolute atomic E-state index is 0.653. The third-order valence-corrected chi connectivity index (χ3v) is 4.56. The van der Waals surface area contributed by atoms with E-state index < -0.39 is 0 Å². The molecule has 1 aromatic carbocycles. The van der Waals surface area contributed by atoms with E-state index in [1.807, 2.05) is 12.1 Å². The molecule has 104 valence electrons. The zero-order valence-corrected chi connectivity index (χ0v) is 12.3. The fraction of sp³-hybridized carbons (Fsp3) is 0.625. The molecule has 2 aliphatic rings. The molecule has 0 radical (unpaired) electrons. The number of hydrogen-bond acceptors (Lipinski definition) is 2. The predicted molar refractivity (Wildman–Crippen MR) is 78.9 cm³/mol. The fourth-order valence-electron chi connectivity index (χ4n) is 3.35. The van der Waals surface area contributed by atoms with Gasteiger partial charge in [0.2, 0.25) is 0 Å². The summed E-state index contributed by atoms with van der Waals surface area (Å²) < 4.78 is 5.75. The Kier molecular flexibility index (Phi) is 3.99. The van der Waals surface area contributed by atoms with Crippen LogP contribution in [0, 0.1) is 5.92 Å². The van der Waals surface area contributed by atoms with Gasteiger partial charge >= 0.3 is 0 Å². The van der Waals surface area contributed by atoms with E-state index in [0.29, 0.717) is 6.04 Å². The Morgan fingerprint density at radius 1 is 1.37 bits per heavy atom. The van der Waals surface area contributed by atoms with Crippen LogP contribution in [-0.2, 0) is 13.0 Å². The van der Waals surface area contributed by atoms with Gasteiger partial charge in [0.05, 0.1) is 6.61 Å². The highest BCUT2D eigenvalue weighted by Crippen LogP contribution is 2.33. The van der Waals surface area contributed by atoms with Crippen molar-refractivity contribution < 1.29 is 4.74 Å². The van der Waals surface area contributed by atoms with Crippen molar-refractivity contribution in [2.75, 3.05) is 6.61 Å². The van der Waals surface area contributed by atoms with Gasteiger partial charge in [0.1, 0.15) is 5.75 Å². The largest absolute Gasteiger partial charge is 0.493 e. The van der Waals surface area contributed by atoms with Crippen molar-refractivity contribution in [3.63, 3.8) is 0 Å². The molecular weight excluding hydrogens is 258 g/mol. The number of nitrogens with one attached hydrogen (secondary N) is 1. The highest BCUT2D eigenvalue weighted by Gasteiger charge is 2.21. The average Bonchev–Trinajstić information content (AvgIpc) is 2.84. The molecule has 0 aromatic heterocycles. The first-order chi connectivity index (χ1) is 9.22. The summed E-state index contributed by atoms with van der Waals surface area (Å²) >= 11 is 6.19. The van der Waals surface area contributed by atoms with E-state index in [2.05, 4.69) is 12.2 Å². The Morgan fingerprint density at radius 2 is 2.26 bits per heavy atom. The lowest BCUT2D eigenvalue weighted by Gasteiger charge is -2.27. The van der Waals surface area contributed by atoms with Crippen molar-refractivity contribution in [2.45, 2.75) is 51.6 Å². The molecule has 1 saturated carbocycles. The lowest BCUT2D eigenvalue weighted by molar-refractivity contribution is 0.298. The Bertz CT molecular complexity index is 460. The molecule has 2 nitrogen and oxygen atoms in total. The van der Waals surface area contributed by atoms with E-state index in [4.69, 9.17) is 16.3 Å². The van der Waals surface area contributed by atoms with Crippen LogP contribution in [-0.4, -0.2) is 12.6 Å². The minimum Gasteiger partial charge on any atom is -0.493 e. The summed E-state index contributed by atoms with van der Waals surface area (Å²) in [4.78, 5) is 0. The lowest BCUT2D eigenvalue weighted by atomic mass is 9.87. The molecule has 0 bridgehead atoms. The first-order valence-electron chi connectivity index (χ1n) is 7.40. The summed E-state index contributed by atoms with van der Waals surface area (Å²) in [6.07, 6.45) is 6.32. The van der Waals surface area contributed by atoms with Crippen LogP contribution < -0.4 is 10.1 Å². The second kappa shape index (κ2) is 5.72. The van der Waals surface area contributed by atoms with E-state index in [1.54, 1.807) is 0 Å². The van der Waals surface area contributed by atoms with Crippen LogP contribution in [0.4, 0.5) is 0 Å². The smallest absolute Gasteiger partial charge is 0.127 e. The molecule has 1 fully saturated rings. The standard InChI is InChI=1S/C16H22ClNO/c1-11-3-2-4-15(7-11)18-10-13-9-14(17)8-12-5-6-19-16(12)13/h8-9,11,15,18H,2-7,10H2,1H3. The normalized spacial score (nSPS) is 26.0. The number of halogens is 1. The molecule has 0 amide bonds. The highest BCUT2D eigenvalue weighted by atomic mass is 35.5. The third-order valence-electron chi connectivity index (χ3n) is 4.34. The Balaban J connectivity index is 1.67. The molecule has 2 unspecified atom stereocenters. The van der Waals surface area contributed by atoms with Crippen molar-refractivity contribution in [1.29, 1.82) is 0 Å². The maximum Gasteiger partial charge on any atom is 0.127 e. The van der Waals surface area contributed by atoms with Gasteiger partial charge < -0.3 is 10.1 Å². The summed E-state index contributed by atoms with van der Waals surface area (Å²) in [7, 11) is 0. The van der Waals surface area contributed by atoms with E-state index in [9.17, 15) is 0 Å². The molecule has 1 heterocycles. The van der Waals surface area contributed by atoms with E-state index in [1.165, 1.54) is 36.8 Å². The molecule has 19 heavy (non-hydrogen) atoms. The van der Waals surface area contributed by atoms with Gasteiger partial charge in [-0.05, 0) is 36.5 Å². The number of fused-ring (bicyclic) bond motifs is 1. The van der Waals surface area contributed by atoms with Crippen LogP contribution >= 0.6 is 11.6 Å². The highest BCUT2D eigenvalue weighted by molar-refractivity contribution is 6.30. The molecular formula is C16H22ClNO. The fourth-order valence-corrected chi connectivity index (χ4v) is 3.61. The zero-order valence-electron chi connectivity index (χ0n) is 11.5. The van der Waals surface area contributed by atoms with Crippen LogP contribution in [0.15, 0.2) is 12.1 Å². The number of hydrogen-bond donors (Lipinski definition) is 1. The Hall–Kier alpha value is -0.730. The summed E-state index contributed by atoms with van der Waals surface area (Å²) in [6.45, 7) is 4.03. The molecule has 3 rings (SSSR count). The molecule has 3 heteroatoms. The van der Waals surface area contributed by atoms with Gasteiger partial charge in [0.15, 0.2) is 0 Å². The summed E-state index contributed by atoms with van der Waals surface area (Å²) in [5.41, 5.74) is 2.49. The Labute approximate surface area is 120 Å². The van der Waals surface area contributed by atoms with Gasteiger partial charge in [0.25, 0.3) is 0 Å². The van der Waals surface area contributed by atoms with Crippen LogP contribution in [0.2, 0.25) is 5.02 Å². The lowest BCUT2D eigenvalue weighted by Crippen LogP contribution is -2.33. The zero-order chi connectivity index (χ0) is 13.2. The average molecular weight is 280 g/mol. The van der Waals surface area contributed by atoms with Gasteiger partial charge in [-0.2, -0.15) is 0 Å². The van der Waals surface area contributed by atoms with Crippen molar-refractivity contribution in [1.82, 2.24) is 5.32 Å². The SMILES string of the molecule is CC1CCCC(NCc2cc(Cl)cc3c2OCC3)C1. The monoisotopic (exact) mass is 279 g/mol. The van der Waals surface area contributed by atoms with Crippen molar-refractivity contribution >= 4 is 11.6 Å². The van der Waals surface area contributed by atoms with Gasteiger partial charge in [-0.1, -0.05) is 31.4 Å². The van der Waals surface area contributed by atoms with Gasteiger partial charge in [-0.25, -0.2) is 0 Å². The first kappa shape index (κ1) is 13.3. The van der Waals surface area contributed by atoms with Crippen LogP contribution in [0.5, 0.6) is 5.75 Å². The van der Waals surface area contributed by atoms with E-state index >= 15 is 0 Å². The molecule has 1 aromatic rings. The van der Waals surface area contributed by atoms with E-state index in [-0.39, 0.29) is 0 Å². The van der Waals surface area contributed by atoms with Gasteiger partial charge in [-0.15, -0.1) is 0 Å². The van der Waals surface area contributed by atoms with E-state index in [0.717, 1.165) is 36.3 Å². The van der Waals surface area contributed by atoms with Crippen molar-refractivity contribution in [3.8, 4) is 5.75 Å². The maximum absolute atomic E-state index is 6.19. The van der Waals surface area contributed by atoms with Crippen LogP contribution in [0.25, 0.3) is 0 Å². The number of ether oxygens (including phenoxy) is 1. The molecule has 1 aliphatic heterocycles. The first-order valence-corrected chi connectivity index (χ1v) is 7.77. The molecule has 1 N–H and O–H groups in total. The van der Waals surface area contributed by atoms with Gasteiger partial charge in [0, 0.05) is 29.6 Å². The minimum atomic E-state index is 0.653. The third kappa shape index (κ3) is 3.06. The maximum atomic E-state index is 6.19. The second-order valence-corrected chi connectivity index (χ2v) is 6.44. The molecule has 2 atom stereocenters. The van der Waals surface area contributed by atoms with Crippen molar-refractivity contribution in [2.24, 2.45) is 5.92 Å².